The minimum atomic E-state index is -0.545. The average molecular weight is 397 g/mol. The van der Waals surface area contributed by atoms with Crippen molar-refractivity contribution in [3.8, 4) is 0 Å². The number of ether oxygens (including phenoxy) is 1. The number of benzene rings is 1. The summed E-state index contributed by atoms with van der Waals surface area (Å²) in [5, 5.41) is 13.7. The second kappa shape index (κ2) is 8.64. The lowest BCUT2D eigenvalue weighted by Gasteiger charge is -2.35. The molecule has 2 heterocycles. The van der Waals surface area contributed by atoms with Gasteiger partial charge < -0.3 is 15.0 Å². The topological polar surface area (TPSA) is 105 Å². The fourth-order valence-corrected chi connectivity index (χ4v) is 3.38. The van der Waals surface area contributed by atoms with Crippen molar-refractivity contribution in [2.45, 2.75) is 18.9 Å². The predicted octanol–water partition coefficient (Wildman–Crippen LogP) is 1.51. The molecule has 10 heteroatoms. The zero-order valence-corrected chi connectivity index (χ0v) is 15.5. The molecule has 3 rings (SSSR count). The molecule has 0 radical (unpaired) electrons. The Bertz CT molecular complexity index is 730. The fourth-order valence-electron chi connectivity index (χ4n) is 3.22. The number of nitrogens with zero attached hydrogens (tertiary/aromatic N) is 3. The number of hydrogen-bond acceptors (Lipinski definition) is 6. The van der Waals surface area contributed by atoms with Crippen LogP contribution in [0.25, 0.3) is 0 Å². The van der Waals surface area contributed by atoms with E-state index in [0.29, 0.717) is 32.8 Å². The molecule has 1 unspecified atom stereocenters. The van der Waals surface area contributed by atoms with E-state index in [1.165, 1.54) is 18.2 Å². The first-order valence-corrected chi connectivity index (χ1v) is 9.18. The van der Waals surface area contributed by atoms with Gasteiger partial charge in [-0.25, -0.2) is 0 Å². The van der Waals surface area contributed by atoms with Gasteiger partial charge in [0.05, 0.1) is 22.2 Å². The third-order valence-corrected chi connectivity index (χ3v) is 5.02. The Balaban J connectivity index is 1.49. The largest absolute Gasteiger partial charge is 0.368 e. The fraction of sp³-hybridized carbons (Fsp3) is 0.529. The van der Waals surface area contributed by atoms with E-state index in [2.05, 4.69) is 5.32 Å². The van der Waals surface area contributed by atoms with E-state index in [9.17, 15) is 19.7 Å². The van der Waals surface area contributed by atoms with Crippen LogP contribution < -0.4 is 5.32 Å². The first-order chi connectivity index (χ1) is 12.9. The molecule has 27 heavy (non-hydrogen) atoms. The summed E-state index contributed by atoms with van der Waals surface area (Å²) in [4.78, 5) is 38.6. The van der Waals surface area contributed by atoms with E-state index in [4.69, 9.17) is 16.3 Å². The molecule has 0 spiro atoms. The monoisotopic (exact) mass is 396 g/mol. The Morgan fingerprint density at radius 3 is 2.67 bits per heavy atom. The summed E-state index contributed by atoms with van der Waals surface area (Å²) in [6, 6.07) is 3.89. The van der Waals surface area contributed by atoms with Crippen LogP contribution >= 0.6 is 11.6 Å². The van der Waals surface area contributed by atoms with Gasteiger partial charge in [0.1, 0.15) is 6.10 Å². The minimum absolute atomic E-state index is 0.0278. The molecule has 2 saturated heterocycles. The van der Waals surface area contributed by atoms with E-state index in [0.717, 1.165) is 12.8 Å². The Morgan fingerprint density at radius 1 is 1.30 bits per heavy atom. The average Bonchev–Trinajstić information content (AvgIpc) is 3.18. The Morgan fingerprint density at radius 2 is 2.04 bits per heavy atom. The third-order valence-electron chi connectivity index (χ3n) is 4.69. The van der Waals surface area contributed by atoms with Gasteiger partial charge in [0.15, 0.2) is 0 Å². The molecule has 1 N–H and O–H groups in total. The number of piperazine rings is 1. The van der Waals surface area contributed by atoms with Gasteiger partial charge in [-0.05, 0) is 18.9 Å². The van der Waals surface area contributed by atoms with Crippen molar-refractivity contribution in [3.05, 3.63) is 33.3 Å². The van der Waals surface area contributed by atoms with Crippen LogP contribution in [0.3, 0.4) is 0 Å². The molecule has 2 aliphatic rings. The van der Waals surface area contributed by atoms with Crippen LogP contribution in [0.2, 0.25) is 5.02 Å². The van der Waals surface area contributed by atoms with E-state index < -0.39 is 4.92 Å². The van der Waals surface area contributed by atoms with Crippen LogP contribution in [0.15, 0.2) is 18.2 Å². The number of nitrogens with one attached hydrogen (secondary N) is 1. The SMILES string of the molecule is O=C(CN1CCN(C(=O)C2CCCO2)CC1)Nc1cc([N+](=O)[O-])ccc1Cl. The smallest absolute Gasteiger partial charge is 0.271 e. The number of hydrogen-bond donors (Lipinski definition) is 1. The van der Waals surface area contributed by atoms with Crippen molar-refractivity contribution in [2.75, 3.05) is 44.6 Å². The van der Waals surface area contributed by atoms with Crippen molar-refractivity contribution in [1.29, 1.82) is 0 Å². The minimum Gasteiger partial charge on any atom is -0.368 e. The molecule has 2 aliphatic heterocycles. The maximum atomic E-state index is 12.3. The normalized spacial score (nSPS) is 20.5. The van der Waals surface area contributed by atoms with Gasteiger partial charge in [0.25, 0.3) is 11.6 Å². The number of non-ortho nitro benzene ring substituents is 1. The Hall–Kier alpha value is -2.23. The van der Waals surface area contributed by atoms with Crippen LogP contribution in [-0.2, 0) is 14.3 Å². The second-order valence-electron chi connectivity index (χ2n) is 6.57. The summed E-state index contributed by atoms with van der Waals surface area (Å²) in [7, 11) is 0. The van der Waals surface area contributed by atoms with Crippen molar-refractivity contribution in [2.24, 2.45) is 0 Å². The molecule has 2 fully saturated rings. The van der Waals surface area contributed by atoms with Crippen LogP contribution in [0.1, 0.15) is 12.8 Å². The van der Waals surface area contributed by atoms with Gasteiger partial charge in [-0.15, -0.1) is 0 Å². The quantitative estimate of drug-likeness (QED) is 0.597. The molecule has 2 amide bonds. The number of nitro benzene ring substituents is 1. The Kier molecular flexibility index (Phi) is 6.25. The zero-order chi connectivity index (χ0) is 19.4. The molecule has 9 nitrogen and oxygen atoms in total. The molecule has 0 bridgehead atoms. The van der Waals surface area contributed by atoms with E-state index >= 15 is 0 Å². The van der Waals surface area contributed by atoms with E-state index in [-0.39, 0.29) is 40.9 Å². The summed E-state index contributed by atoms with van der Waals surface area (Å²) in [5.74, 6) is -0.281. The van der Waals surface area contributed by atoms with Crippen LogP contribution in [0, 0.1) is 10.1 Å². The molecule has 0 aromatic heterocycles. The predicted molar refractivity (Wildman–Crippen MR) is 98.7 cm³/mol. The lowest BCUT2D eigenvalue weighted by atomic mass is 10.2. The van der Waals surface area contributed by atoms with E-state index in [1.54, 1.807) is 4.90 Å². The maximum Gasteiger partial charge on any atom is 0.271 e. The zero-order valence-electron chi connectivity index (χ0n) is 14.7. The first kappa shape index (κ1) is 19.5. The summed E-state index contributed by atoms with van der Waals surface area (Å²) >= 11 is 6.00. The highest BCUT2D eigenvalue weighted by molar-refractivity contribution is 6.33. The Labute approximate surface area is 161 Å². The van der Waals surface area contributed by atoms with Crippen molar-refractivity contribution in [1.82, 2.24) is 9.80 Å². The molecular formula is C17H21ClN4O5. The molecule has 0 aliphatic carbocycles. The van der Waals surface area contributed by atoms with E-state index in [1.807, 2.05) is 4.90 Å². The molecule has 0 saturated carbocycles. The number of nitro groups is 1. The third kappa shape index (κ3) is 4.94. The summed E-state index contributed by atoms with van der Waals surface area (Å²) < 4.78 is 5.43. The number of rotatable bonds is 5. The van der Waals surface area contributed by atoms with Gasteiger partial charge in [-0.2, -0.15) is 0 Å². The molecule has 1 aromatic rings. The van der Waals surface area contributed by atoms with Crippen LogP contribution in [0.4, 0.5) is 11.4 Å². The van der Waals surface area contributed by atoms with Crippen molar-refractivity contribution < 1.29 is 19.2 Å². The lowest BCUT2D eigenvalue weighted by Crippen LogP contribution is -2.52. The summed E-state index contributed by atoms with van der Waals surface area (Å²) in [5.41, 5.74) is 0.0685. The highest BCUT2D eigenvalue weighted by Crippen LogP contribution is 2.26. The van der Waals surface area contributed by atoms with Crippen LogP contribution in [-0.4, -0.2) is 72.0 Å². The molecular weight excluding hydrogens is 376 g/mol. The van der Waals surface area contributed by atoms with Gasteiger partial charge in [0.2, 0.25) is 5.91 Å². The number of halogens is 1. The summed E-state index contributed by atoms with van der Waals surface area (Å²) in [6.07, 6.45) is 1.36. The summed E-state index contributed by atoms with van der Waals surface area (Å²) in [6.45, 7) is 3.01. The van der Waals surface area contributed by atoms with Crippen molar-refractivity contribution in [3.63, 3.8) is 0 Å². The maximum absolute atomic E-state index is 12.3. The molecule has 1 atom stereocenters. The first-order valence-electron chi connectivity index (χ1n) is 8.80. The van der Waals surface area contributed by atoms with Gasteiger partial charge in [0, 0.05) is 44.9 Å². The lowest BCUT2D eigenvalue weighted by molar-refractivity contribution is -0.384. The number of amides is 2. The second-order valence-corrected chi connectivity index (χ2v) is 6.98. The molecule has 146 valence electrons. The number of carbonyl (C=O) groups excluding carboxylic acids is 2. The van der Waals surface area contributed by atoms with Crippen molar-refractivity contribution >= 4 is 34.8 Å². The number of carbonyl (C=O) groups is 2. The van der Waals surface area contributed by atoms with Gasteiger partial charge >= 0.3 is 0 Å². The van der Waals surface area contributed by atoms with Gasteiger partial charge in [-0.3, -0.25) is 24.6 Å². The number of anilines is 1. The highest BCUT2D eigenvalue weighted by Gasteiger charge is 2.30. The highest BCUT2D eigenvalue weighted by atomic mass is 35.5. The van der Waals surface area contributed by atoms with Gasteiger partial charge in [-0.1, -0.05) is 11.6 Å². The van der Waals surface area contributed by atoms with Crippen LogP contribution in [0.5, 0.6) is 0 Å². The standard InChI is InChI=1S/C17H21ClN4O5/c18-13-4-3-12(22(25)26)10-14(13)19-16(23)11-20-5-7-21(8-6-20)17(24)15-2-1-9-27-15/h3-4,10,15H,1-2,5-9,11H2,(H,19,23). The molecule has 1 aromatic carbocycles.